The van der Waals surface area contributed by atoms with Crippen LogP contribution in [0.5, 0.6) is 0 Å². The first kappa shape index (κ1) is 11.0. The van der Waals surface area contributed by atoms with Gasteiger partial charge in [0, 0.05) is 0 Å². The first-order valence-corrected chi connectivity index (χ1v) is 3.76. The van der Waals surface area contributed by atoms with Crippen LogP contribution in [0.25, 0.3) is 0 Å². The van der Waals surface area contributed by atoms with E-state index in [4.69, 9.17) is 0 Å². The van der Waals surface area contributed by atoms with Crippen LogP contribution in [-0.2, 0) is 45.6 Å². The van der Waals surface area contributed by atoms with Crippen LogP contribution in [0.4, 0.5) is 0 Å². The SMILES string of the molecule is [LiH].[O]=[V][O][V](=[O])=[O]. The van der Waals surface area contributed by atoms with Gasteiger partial charge in [-0.3, -0.25) is 0 Å². The third-order valence-corrected chi connectivity index (χ3v) is 1.70. The van der Waals surface area contributed by atoms with Crippen LogP contribution >= 0.6 is 0 Å². The zero-order chi connectivity index (χ0) is 4.99. The Morgan fingerprint density at radius 1 is 1.43 bits per heavy atom. The van der Waals surface area contributed by atoms with Gasteiger partial charge in [-0.05, 0) is 0 Å². The molecule has 0 saturated heterocycles. The van der Waals surface area contributed by atoms with Crippen molar-refractivity contribution in [1.29, 1.82) is 0 Å². The van der Waals surface area contributed by atoms with Gasteiger partial charge in [-0.25, -0.2) is 0 Å². The van der Waals surface area contributed by atoms with Crippen LogP contribution < -0.4 is 0 Å². The Kier molecular flexibility index (Phi) is 11.2. The minimum absolute atomic E-state index is 0. The predicted molar refractivity (Wildman–Crippen MR) is 10.3 cm³/mol. The topological polar surface area (TPSA) is 60.4 Å². The summed E-state index contributed by atoms with van der Waals surface area (Å²) in [6.45, 7) is 0. The van der Waals surface area contributed by atoms with E-state index in [0.29, 0.717) is 0 Å². The van der Waals surface area contributed by atoms with E-state index in [-0.39, 0.29) is 18.9 Å². The molecular weight excluding hydrogens is 173 g/mol. The van der Waals surface area contributed by atoms with Crippen molar-refractivity contribution in [1.82, 2.24) is 0 Å². The Morgan fingerprint density at radius 2 is 1.86 bits per heavy atom. The van der Waals surface area contributed by atoms with E-state index in [1.54, 1.807) is 0 Å². The van der Waals surface area contributed by atoms with Gasteiger partial charge in [-0.1, -0.05) is 0 Å². The molecule has 0 saturated carbocycles. The molecule has 0 aromatic heterocycles. The molecule has 0 unspecified atom stereocenters. The third-order valence-electron chi connectivity index (χ3n) is 0.100. The minimum atomic E-state index is -3.49. The van der Waals surface area contributed by atoms with Crippen molar-refractivity contribution in [2.45, 2.75) is 0 Å². The molecule has 0 aliphatic carbocycles. The number of rotatable bonds is 2. The van der Waals surface area contributed by atoms with E-state index in [1.807, 2.05) is 0 Å². The molecular formula is HLiO4V2. The van der Waals surface area contributed by atoms with Crippen molar-refractivity contribution < 1.29 is 45.6 Å². The van der Waals surface area contributed by atoms with E-state index >= 15 is 0 Å². The summed E-state index contributed by atoms with van der Waals surface area (Å²) in [7, 11) is 0. The van der Waals surface area contributed by atoms with E-state index in [9.17, 15) is 11.0 Å². The van der Waals surface area contributed by atoms with Crippen molar-refractivity contribution in [3.8, 4) is 0 Å². The molecule has 7 heteroatoms. The maximum atomic E-state index is 9.32. The molecule has 0 amide bonds. The summed E-state index contributed by atoms with van der Waals surface area (Å²) in [6.07, 6.45) is 0. The molecule has 0 aromatic carbocycles. The van der Waals surface area contributed by atoms with Crippen LogP contribution in [0.15, 0.2) is 0 Å². The molecule has 0 N–H and O–H groups in total. The summed E-state index contributed by atoms with van der Waals surface area (Å²) in [4.78, 5) is 0. The first-order chi connectivity index (χ1) is 2.77. The summed E-state index contributed by atoms with van der Waals surface area (Å²) in [5, 5.41) is 0. The molecule has 0 radical (unpaired) electrons. The second-order valence-corrected chi connectivity index (χ2v) is 2.62. The van der Waals surface area contributed by atoms with E-state index < -0.39 is 32.0 Å². The molecule has 0 spiro atoms. The van der Waals surface area contributed by atoms with Gasteiger partial charge in [-0.2, -0.15) is 0 Å². The molecule has 0 aliphatic heterocycles. The Balaban J connectivity index is 0. The summed E-state index contributed by atoms with van der Waals surface area (Å²) >= 11 is -5.12. The van der Waals surface area contributed by atoms with Crippen molar-refractivity contribution in [3.63, 3.8) is 0 Å². The van der Waals surface area contributed by atoms with Gasteiger partial charge < -0.3 is 0 Å². The van der Waals surface area contributed by atoms with Gasteiger partial charge in [0.25, 0.3) is 0 Å². The van der Waals surface area contributed by atoms with Gasteiger partial charge in [0.15, 0.2) is 0 Å². The standard InChI is InChI=1S/Li.4O.2V.H. The zero-order valence-electron chi connectivity index (χ0n) is 2.53. The van der Waals surface area contributed by atoms with Gasteiger partial charge in [0.05, 0.1) is 0 Å². The zero-order valence-corrected chi connectivity index (χ0v) is 5.32. The molecule has 0 bridgehead atoms. The normalized spacial score (nSPS) is 6.29. The second-order valence-electron chi connectivity index (χ2n) is 0.380. The van der Waals surface area contributed by atoms with Gasteiger partial charge in [-0.15, -0.1) is 0 Å². The Morgan fingerprint density at radius 3 is 1.86 bits per heavy atom. The van der Waals surface area contributed by atoms with Crippen LogP contribution in [0.2, 0.25) is 0 Å². The molecule has 0 fully saturated rings. The molecule has 0 atom stereocenters. The summed E-state index contributed by atoms with van der Waals surface area (Å²) in [5.41, 5.74) is 0. The number of hydrogen-bond acceptors (Lipinski definition) is 4. The van der Waals surface area contributed by atoms with E-state index in [1.165, 1.54) is 0 Å². The number of hydrogen-bond donors (Lipinski definition) is 0. The van der Waals surface area contributed by atoms with Crippen molar-refractivity contribution in [3.05, 3.63) is 0 Å². The van der Waals surface area contributed by atoms with E-state index in [2.05, 4.69) is 2.59 Å². The van der Waals surface area contributed by atoms with Gasteiger partial charge >= 0.3 is 64.5 Å². The summed E-state index contributed by atoms with van der Waals surface area (Å²) < 4.78 is 31.5. The monoisotopic (exact) mass is 174 g/mol. The van der Waals surface area contributed by atoms with Crippen molar-refractivity contribution in [2.24, 2.45) is 0 Å². The Bertz CT molecular complexity index is 96.3. The molecule has 0 aromatic rings. The average molecular weight is 174 g/mol. The second kappa shape index (κ2) is 7.13. The van der Waals surface area contributed by atoms with Gasteiger partial charge in [0.1, 0.15) is 0 Å². The van der Waals surface area contributed by atoms with Crippen LogP contribution in [0.3, 0.4) is 0 Å². The maximum absolute atomic E-state index is 9.32. The van der Waals surface area contributed by atoms with Crippen LogP contribution in [0, 0.1) is 0 Å². The fourth-order valence-corrected chi connectivity index (χ4v) is 0.463. The first-order valence-electron chi connectivity index (χ1n) is 0.913. The van der Waals surface area contributed by atoms with Gasteiger partial charge in [0.2, 0.25) is 0 Å². The average Bonchev–Trinajstić information content (AvgIpc) is 1.35. The molecule has 36 valence electrons. The predicted octanol–water partition coefficient (Wildman–Crippen LogP) is -1.08. The molecule has 4 nitrogen and oxygen atoms in total. The fraction of sp³-hybridized carbons (Fsp3) is 0. The third kappa shape index (κ3) is 11.0. The molecule has 7 heavy (non-hydrogen) atoms. The van der Waals surface area contributed by atoms with E-state index in [0.717, 1.165) is 0 Å². The molecule has 0 aliphatic rings. The quantitative estimate of drug-likeness (QED) is 0.499. The Hall–Kier alpha value is 1.13. The van der Waals surface area contributed by atoms with Crippen molar-refractivity contribution >= 4 is 18.9 Å². The fourth-order valence-electron chi connectivity index (χ4n) is 0.0272. The molecule has 0 rings (SSSR count). The summed E-state index contributed by atoms with van der Waals surface area (Å²) in [5.74, 6) is 0. The Labute approximate surface area is 64.2 Å². The van der Waals surface area contributed by atoms with Crippen LogP contribution in [0.1, 0.15) is 0 Å². The molecule has 0 heterocycles. The van der Waals surface area contributed by atoms with Crippen LogP contribution in [-0.4, -0.2) is 18.9 Å². The van der Waals surface area contributed by atoms with Crippen molar-refractivity contribution in [2.75, 3.05) is 0 Å². The summed E-state index contributed by atoms with van der Waals surface area (Å²) in [6, 6.07) is 0.